The van der Waals surface area contributed by atoms with Gasteiger partial charge in [-0.25, -0.2) is 0 Å². The van der Waals surface area contributed by atoms with Crippen molar-refractivity contribution >= 4 is 27.1 Å². The molecule has 0 unspecified atom stereocenters. The number of hydrogen-bond donors (Lipinski definition) is 1. The van der Waals surface area contributed by atoms with Crippen LogP contribution in [0, 0.1) is 6.92 Å². The molecule has 25 heavy (non-hydrogen) atoms. The summed E-state index contributed by atoms with van der Waals surface area (Å²) >= 11 is 0. The summed E-state index contributed by atoms with van der Waals surface area (Å²) in [5.41, 5.74) is 1.93. The van der Waals surface area contributed by atoms with Gasteiger partial charge in [-0.1, -0.05) is 0 Å². The molecule has 2 aromatic carbocycles. The van der Waals surface area contributed by atoms with Crippen molar-refractivity contribution in [1.29, 1.82) is 0 Å². The zero-order valence-electron chi connectivity index (χ0n) is 13.9. The van der Waals surface area contributed by atoms with Gasteiger partial charge in [0.2, 0.25) is 12.3 Å². The van der Waals surface area contributed by atoms with Gasteiger partial charge in [0.15, 0.2) is 35.4 Å². The molecular weight excluding hydrogens is 318 g/mol. The second-order valence-electron chi connectivity index (χ2n) is 6.25. The molecule has 1 N–H and O–H groups in total. The number of methoxy groups -OCH3 is 1. The smallest absolute Gasteiger partial charge is 0.231 e. The molecule has 5 rings (SSSR count). The van der Waals surface area contributed by atoms with Gasteiger partial charge in [-0.05, 0) is 41.5 Å². The van der Waals surface area contributed by atoms with E-state index in [2.05, 4.69) is 6.07 Å². The predicted octanol–water partition coefficient (Wildman–Crippen LogP) is 3.48. The summed E-state index contributed by atoms with van der Waals surface area (Å²) in [5, 5.41) is 14.4. The molecule has 0 saturated carbocycles. The monoisotopic (exact) mass is 334 g/mol. The van der Waals surface area contributed by atoms with Crippen LogP contribution in [0.3, 0.4) is 0 Å². The predicted molar refractivity (Wildman–Crippen MR) is 93.7 cm³/mol. The molecule has 0 aliphatic carbocycles. The van der Waals surface area contributed by atoms with Gasteiger partial charge in [0.1, 0.15) is 0 Å². The van der Waals surface area contributed by atoms with Crippen molar-refractivity contribution in [2.45, 2.75) is 6.92 Å². The second kappa shape index (κ2) is 4.89. The topological polar surface area (TPSA) is 52.0 Å². The van der Waals surface area contributed by atoms with Gasteiger partial charge >= 0.3 is 0 Å². The maximum Gasteiger partial charge on any atom is 0.231 e. The molecule has 0 fully saturated rings. The Morgan fingerprint density at radius 2 is 1.84 bits per heavy atom. The van der Waals surface area contributed by atoms with E-state index in [9.17, 15) is 5.11 Å². The first kappa shape index (κ1) is 14.2. The average Bonchev–Trinajstić information content (AvgIpc) is 3.06. The first-order chi connectivity index (χ1) is 12.2. The standard InChI is InChI=1S/C20H15NO4/c1-11-5-13-6-16-14-8-18-17(24-10-25-18)7-12(14)3-4-21(16)9-15(13)19(22)20(11)23-2/h3-9H,10H2,1-2H3/p+1. The first-order valence-corrected chi connectivity index (χ1v) is 8.03. The number of aromatic nitrogens is 1. The van der Waals surface area contributed by atoms with Crippen LogP contribution in [0.25, 0.3) is 27.1 Å². The minimum Gasteiger partial charge on any atom is -0.504 e. The number of ether oxygens (including phenoxy) is 3. The largest absolute Gasteiger partial charge is 0.504 e. The highest BCUT2D eigenvalue weighted by Gasteiger charge is 2.20. The minimum absolute atomic E-state index is 0.165. The van der Waals surface area contributed by atoms with E-state index in [0.717, 1.165) is 44.1 Å². The van der Waals surface area contributed by atoms with E-state index in [1.165, 1.54) is 0 Å². The molecule has 5 heteroatoms. The van der Waals surface area contributed by atoms with Gasteiger partial charge in [0.25, 0.3) is 0 Å². The quantitative estimate of drug-likeness (QED) is 0.329. The molecule has 3 heterocycles. The third-order valence-corrected chi connectivity index (χ3v) is 4.79. The molecule has 1 aliphatic heterocycles. The van der Waals surface area contributed by atoms with Gasteiger partial charge in [-0.2, -0.15) is 4.40 Å². The van der Waals surface area contributed by atoms with Crippen molar-refractivity contribution in [3.63, 3.8) is 0 Å². The number of hydrogen-bond acceptors (Lipinski definition) is 4. The van der Waals surface area contributed by atoms with Crippen molar-refractivity contribution in [2.75, 3.05) is 13.9 Å². The molecule has 2 aromatic heterocycles. The Morgan fingerprint density at radius 3 is 2.64 bits per heavy atom. The molecule has 0 amide bonds. The van der Waals surface area contributed by atoms with Crippen molar-refractivity contribution in [3.05, 3.63) is 48.3 Å². The molecular formula is C20H16NO4+. The Kier molecular flexibility index (Phi) is 2.77. The fraction of sp³-hybridized carbons (Fsp3) is 0.150. The van der Waals surface area contributed by atoms with E-state index in [0.29, 0.717) is 5.75 Å². The lowest BCUT2D eigenvalue weighted by atomic mass is 10.0. The zero-order valence-corrected chi connectivity index (χ0v) is 13.9. The Labute approximate surface area is 143 Å². The number of phenolic OH excluding ortho intramolecular Hbond substituents is 1. The van der Waals surface area contributed by atoms with Crippen LogP contribution >= 0.6 is 0 Å². The normalized spacial score (nSPS) is 13.0. The summed E-state index contributed by atoms with van der Waals surface area (Å²) in [6.45, 7) is 2.18. The number of benzene rings is 2. The van der Waals surface area contributed by atoms with Crippen LogP contribution in [0.1, 0.15) is 5.56 Å². The number of rotatable bonds is 1. The highest BCUT2D eigenvalue weighted by Crippen LogP contribution is 2.39. The van der Waals surface area contributed by atoms with Crippen LogP contribution in [0.5, 0.6) is 23.0 Å². The summed E-state index contributed by atoms with van der Waals surface area (Å²) in [7, 11) is 1.57. The fourth-order valence-electron chi connectivity index (χ4n) is 3.58. The molecule has 0 saturated heterocycles. The number of phenols is 1. The molecule has 124 valence electrons. The van der Waals surface area contributed by atoms with Gasteiger partial charge in [-0.3, -0.25) is 0 Å². The fourth-order valence-corrected chi connectivity index (χ4v) is 3.58. The van der Waals surface area contributed by atoms with Gasteiger partial charge in [0, 0.05) is 12.1 Å². The number of aromatic hydroxyl groups is 1. The van der Waals surface area contributed by atoms with Crippen molar-refractivity contribution in [1.82, 2.24) is 0 Å². The van der Waals surface area contributed by atoms with Crippen LogP contribution in [0.2, 0.25) is 0 Å². The highest BCUT2D eigenvalue weighted by atomic mass is 16.7. The van der Waals surface area contributed by atoms with E-state index in [1.807, 2.05) is 48.0 Å². The van der Waals surface area contributed by atoms with Crippen LogP contribution in [-0.4, -0.2) is 19.0 Å². The summed E-state index contributed by atoms with van der Waals surface area (Å²) < 4.78 is 18.3. The van der Waals surface area contributed by atoms with Crippen LogP contribution in [-0.2, 0) is 0 Å². The van der Waals surface area contributed by atoms with Crippen LogP contribution in [0.4, 0.5) is 0 Å². The first-order valence-electron chi connectivity index (χ1n) is 8.03. The summed E-state index contributed by atoms with van der Waals surface area (Å²) in [6, 6.07) is 10.1. The van der Waals surface area contributed by atoms with Crippen molar-refractivity contribution < 1.29 is 23.7 Å². The van der Waals surface area contributed by atoms with E-state index < -0.39 is 0 Å². The zero-order chi connectivity index (χ0) is 17.1. The SMILES string of the molecule is COc1c(C)cc2cc3c4cc5c(cc4cc[n+]3cc2c1O)OCO5. The number of pyridine rings is 2. The molecule has 0 bridgehead atoms. The minimum atomic E-state index is 0.165. The van der Waals surface area contributed by atoms with Crippen LogP contribution < -0.4 is 18.6 Å². The molecule has 5 nitrogen and oxygen atoms in total. The van der Waals surface area contributed by atoms with E-state index in [4.69, 9.17) is 14.2 Å². The molecule has 0 spiro atoms. The summed E-state index contributed by atoms with van der Waals surface area (Å²) in [5.74, 6) is 2.21. The molecule has 4 aromatic rings. The number of fused-ring (bicyclic) bond motifs is 5. The Balaban J connectivity index is 1.90. The lowest BCUT2D eigenvalue weighted by Gasteiger charge is -2.10. The maximum atomic E-state index is 10.6. The van der Waals surface area contributed by atoms with E-state index >= 15 is 0 Å². The molecule has 0 radical (unpaired) electrons. The molecule has 0 atom stereocenters. The number of aryl methyl sites for hydroxylation is 1. The van der Waals surface area contributed by atoms with E-state index in [-0.39, 0.29) is 12.5 Å². The summed E-state index contributed by atoms with van der Waals surface area (Å²) in [6.07, 6.45) is 3.90. The highest BCUT2D eigenvalue weighted by molar-refractivity contribution is 6.00. The Hall–Kier alpha value is -3.21. The summed E-state index contributed by atoms with van der Waals surface area (Å²) in [4.78, 5) is 0. The third kappa shape index (κ3) is 1.92. The Bertz CT molecular complexity index is 1180. The Morgan fingerprint density at radius 1 is 1.04 bits per heavy atom. The lowest BCUT2D eigenvalue weighted by Crippen LogP contribution is -2.20. The molecule has 1 aliphatic rings. The third-order valence-electron chi connectivity index (χ3n) is 4.79. The maximum absolute atomic E-state index is 10.6. The lowest BCUT2D eigenvalue weighted by molar-refractivity contribution is -0.509. The van der Waals surface area contributed by atoms with Crippen LogP contribution in [0.15, 0.2) is 42.7 Å². The second-order valence-corrected chi connectivity index (χ2v) is 6.25. The van der Waals surface area contributed by atoms with Gasteiger partial charge < -0.3 is 19.3 Å². The van der Waals surface area contributed by atoms with Crippen molar-refractivity contribution in [2.24, 2.45) is 0 Å². The van der Waals surface area contributed by atoms with Crippen molar-refractivity contribution in [3.8, 4) is 23.0 Å². The number of nitrogens with zero attached hydrogens (tertiary/aromatic N) is 1. The van der Waals surface area contributed by atoms with Gasteiger partial charge in [0.05, 0.1) is 17.9 Å². The van der Waals surface area contributed by atoms with Gasteiger partial charge in [-0.15, -0.1) is 0 Å². The van der Waals surface area contributed by atoms with E-state index in [1.54, 1.807) is 7.11 Å². The average molecular weight is 334 g/mol.